The normalized spacial score (nSPS) is 18.7. The van der Waals surface area contributed by atoms with E-state index in [0.29, 0.717) is 33.3 Å². The number of carboxylic acids is 1. The molecule has 5 aromatic rings. The molecule has 0 aliphatic carbocycles. The number of amides is 2. The Hall–Kier alpha value is -5.13. The van der Waals surface area contributed by atoms with Gasteiger partial charge in [-0.15, -0.1) is 11.8 Å². The van der Waals surface area contributed by atoms with Crippen molar-refractivity contribution in [2.75, 3.05) is 16.4 Å². The zero-order valence-corrected chi connectivity index (χ0v) is 27.5. The molecule has 0 aromatic heterocycles. The third kappa shape index (κ3) is 8.67. The molecule has 0 spiro atoms. The summed E-state index contributed by atoms with van der Waals surface area (Å²) in [4.78, 5) is 25.4. The molecule has 1 heterocycles. The molecule has 6 rings (SSSR count). The number of carboxylic acid groups (broad SMARTS) is 1. The average molecular weight is 677 g/mol. The second-order valence-corrected chi connectivity index (χ2v) is 12.6. The van der Waals surface area contributed by atoms with E-state index in [1.54, 1.807) is 48.5 Å². The monoisotopic (exact) mass is 676 g/mol. The summed E-state index contributed by atoms with van der Waals surface area (Å²) in [5, 5.41) is 25.0. The van der Waals surface area contributed by atoms with E-state index in [2.05, 4.69) is 17.6 Å². The summed E-state index contributed by atoms with van der Waals surface area (Å²) in [7, 11) is 0. The standard InChI is InChI=1S/C39H36N2O7S/c1-25-34(24-49-35-13-6-5-12-33(35)37(43)44)47-38(48-36(25)27-16-14-26(23-42)15-17-27)28-8-7-9-30(22-28)41-39(45)40-29-18-20-32(21-19-29)46-31-10-3-2-4-11-31/h2-22,25,34,36,38,42H,23-24H2,1H3,(H,43,44)(H2,40,41,45). The number of nitrogens with one attached hydrogen (secondary N) is 2. The van der Waals surface area contributed by atoms with Crippen molar-refractivity contribution in [2.45, 2.75) is 36.9 Å². The number of thioether (sulfide) groups is 1. The van der Waals surface area contributed by atoms with E-state index in [0.717, 1.165) is 16.9 Å². The molecular formula is C39H36N2O7S. The van der Waals surface area contributed by atoms with Gasteiger partial charge in [-0.2, -0.15) is 0 Å². The van der Waals surface area contributed by atoms with Gasteiger partial charge in [-0.25, -0.2) is 9.59 Å². The van der Waals surface area contributed by atoms with Crippen molar-refractivity contribution in [1.29, 1.82) is 0 Å². The fraction of sp³-hybridized carbons (Fsp3) is 0.179. The number of hydrogen-bond donors (Lipinski definition) is 4. The summed E-state index contributed by atoms with van der Waals surface area (Å²) >= 11 is 1.43. The Morgan fingerprint density at radius 2 is 1.45 bits per heavy atom. The van der Waals surface area contributed by atoms with Crippen LogP contribution in [0.15, 0.2) is 132 Å². The molecule has 1 saturated heterocycles. The predicted molar refractivity (Wildman–Crippen MR) is 189 cm³/mol. The van der Waals surface area contributed by atoms with E-state index in [9.17, 15) is 19.8 Å². The molecule has 0 radical (unpaired) electrons. The van der Waals surface area contributed by atoms with Gasteiger partial charge in [-0.05, 0) is 71.8 Å². The summed E-state index contributed by atoms with van der Waals surface area (Å²) in [5.74, 6) is 0.799. The Bertz CT molecular complexity index is 1870. The maximum absolute atomic E-state index is 12.9. The molecule has 0 bridgehead atoms. The van der Waals surface area contributed by atoms with Crippen molar-refractivity contribution < 1.29 is 34.0 Å². The number of carbonyl (C=O) groups is 2. The first-order chi connectivity index (χ1) is 23.9. The summed E-state index contributed by atoms with van der Waals surface area (Å²) in [6.07, 6.45) is -1.41. The van der Waals surface area contributed by atoms with Crippen molar-refractivity contribution in [2.24, 2.45) is 5.92 Å². The van der Waals surface area contributed by atoms with Crippen LogP contribution < -0.4 is 15.4 Å². The van der Waals surface area contributed by atoms with Crippen LogP contribution in [-0.2, 0) is 16.1 Å². The van der Waals surface area contributed by atoms with Crippen molar-refractivity contribution in [3.63, 3.8) is 0 Å². The van der Waals surface area contributed by atoms with E-state index in [1.807, 2.05) is 78.9 Å². The first kappa shape index (κ1) is 33.8. The Labute approximate surface area is 288 Å². The van der Waals surface area contributed by atoms with Gasteiger partial charge in [-0.3, -0.25) is 0 Å². The Balaban J connectivity index is 1.16. The van der Waals surface area contributed by atoms with E-state index in [-0.39, 0.29) is 30.3 Å². The minimum absolute atomic E-state index is 0.0588. The quantitative estimate of drug-likeness (QED) is 0.102. The van der Waals surface area contributed by atoms with Gasteiger partial charge in [0.15, 0.2) is 6.29 Å². The van der Waals surface area contributed by atoms with Crippen LogP contribution >= 0.6 is 11.8 Å². The molecule has 4 atom stereocenters. The van der Waals surface area contributed by atoms with Gasteiger partial charge in [0.25, 0.3) is 0 Å². The number of aliphatic hydroxyl groups excluding tert-OH is 1. The smallest absolute Gasteiger partial charge is 0.336 e. The highest BCUT2D eigenvalue weighted by Gasteiger charge is 2.38. The number of urea groups is 1. The first-order valence-corrected chi connectivity index (χ1v) is 16.8. The maximum atomic E-state index is 12.9. The summed E-state index contributed by atoms with van der Waals surface area (Å²) in [6.45, 7) is 1.99. The van der Waals surface area contributed by atoms with Gasteiger partial charge in [0, 0.05) is 33.5 Å². The first-order valence-electron chi connectivity index (χ1n) is 15.8. The third-order valence-electron chi connectivity index (χ3n) is 8.15. The van der Waals surface area contributed by atoms with E-state index < -0.39 is 18.3 Å². The number of ether oxygens (including phenoxy) is 3. The minimum Gasteiger partial charge on any atom is -0.478 e. The van der Waals surface area contributed by atoms with Crippen molar-refractivity contribution in [1.82, 2.24) is 0 Å². The van der Waals surface area contributed by atoms with E-state index in [1.165, 1.54) is 11.8 Å². The Kier molecular flexibility index (Phi) is 10.9. The lowest BCUT2D eigenvalue weighted by atomic mass is 9.91. The maximum Gasteiger partial charge on any atom is 0.336 e. The molecule has 10 heteroatoms. The molecule has 1 aliphatic heterocycles. The summed E-state index contributed by atoms with van der Waals surface area (Å²) < 4.78 is 18.9. The molecule has 4 N–H and O–H groups in total. The fourth-order valence-corrected chi connectivity index (χ4v) is 6.75. The Morgan fingerprint density at radius 1 is 0.755 bits per heavy atom. The van der Waals surface area contributed by atoms with Gasteiger partial charge in [0.1, 0.15) is 11.5 Å². The highest BCUT2D eigenvalue weighted by molar-refractivity contribution is 7.99. The van der Waals surface area contributed by atoms with E-state index >= 15 is 0 Å². The predicted octanol–water partition coefficient (Wildman–Crippen LogP) is 8.90. The number of anilines is 2. The molecule has 1 fully saturated rings. The van der Waals surface area contributed by atoms with Gasteiger partial charge in [-0.1, -0.05) is 73.7 Å². The zero-order chi connectivity index (χ0) is 34.2. The van der Waals surface area contributed by atoms with Crippen molar-refractivity contribution in [3.8, 4) is 11.5 Å². The molecule has 0 saturated carbocycles. The second kappa shape index (κ2) is 15.8. The lowest BCUT2D eigenvalue weighted by molar-refractivity contribution is -0.268. The molecule has 49 heavy (non-hydrogen) atoms. The molecule has 250 valence electrons. The number of benzene rings is 5. The summed E-state index contributed by atoms with van der Waals surface area (Å²) in [6, 6.07) is 38.0. The van der Waals surface area contributed by atoms with Crippen LogP contribution in [0.1, 0.15) is 46.4 Å². The van der Waals surface area contributed by atoms with Gasteiger partial charge >= 0.3 is 12.0 Å². The van der Waals surface area contributed by atoms with Gasteiger partial charge in [0.05, 0.1) is 24.4 Å². The largest absolute Gasteiger partial charge is 0.478 e. The molecule has 2 amide bonds. The van der Waals surface area contributed by atoms with Crippen LogP contribution in [0.5, 0.6) is 11.5 Å². The molecular weight excluding hydrogens is 641 g/mol. The number of carbonyl (C=O) groups excluding carboxylic acids is 1. The topological polar surface area (TPSA) is 126 Å². The number of hydrogen-bond acceptors (Lipinski definition) is 7. The number of aliphatic hydroxyl groups is 1. The SMILES string of the molecule is CC1C(CSc2ccccc2C(=O)O)OC(c2cccc(NC(=O)Nc3ccc(Oc4ccccc4)cc3)c2)OC1c1ccc(CO)cc1. The molecule has 5 aromatic carbocycles. The number of rotatable bonds is 11. The van der Waals surface area contributed by atoms with Crippen LogP contribution in [-0.4, -0.2) is 34.1 Å². The lowest BCUT2D eigenvalue weighted by Crippen LogP contribution is -2.38. The third-order valence-corrected chi connectivity index (χ3v) is 9.31. The van der Waals surface area contributed by atoms with Crippen molar-refractivity contribution >= 4 is 35.1 Å². The minimum atomic E-state index is -0.980. The number of aromatic carboxylic acids is 1. The van der Waals surface area contributed by atoms with Crippen LogP contribution in [0, 0.1) is 5.92 Å². The average Bonchev–Trinajstić information content (AvgIpc) is 3.12. The molecule has 9 nitrogen and oxygen atoms in total. The number of para-hydroxylation sites is 1. The van der Waals surface area contributed by atoms with Crippen molar-refractivity contribution in [3.05, 3.63) is 150 Å². The lowest BCUT2D eigenvalue weighted by Gasteiger charge is -2.41. The highest BCUT2D eigenvalue weighted by Crippen LogP contribution is 2.43. The highest BCUT2D eigenvalue weighted by atomic mass is 32.2. The van der Waals surface area contributed by atoms with Crippen LogP contribution in [0.25, 0.3) is 0 Å². The summed E-state index contributed by atoms with van der Waals surface area (Å²) in [5.41, 5.74) is 3.84. The zero-order valence-electron chi connectivity index (χ0n) is 26.7. The Morgan fingerprint density at radius 3 is 2.18 bits per heavy atom. The van der Waals surface area contributed by atoms with Gasteiger partial charge in [0.2, 0.25) is 0 Å². The van der Waals surface area contributed by atoms with Crippen LogP contribution in [0.2, 0.25) is 0 Å². The molecule has 1 aliphatic rings. The van der Waals surface area contributed by atoms with Crippen LogP contribution in [0.4, 0.5) is 16.2 Å². The van der Waals surface area contributed by atoms with E-state index in [4.69, 9.17) is 14.2 Å². The van der Waals surface area contributed by atoms with Crippen LogP contribution in [0.3, 0.4) is 0 Å². The second-order valence-electron chi connectivity index (χ2n) is 11.6. The molecule has 4 unspecified atom stereocenters. The fourth-order valence-electron chi connectivity index (χ4n) is 5.54. The van der Waals surface area contributed by atoms with Gasteiger partial charge < -0.3 is 35.1 Å².